The van der Waals surface area contributed by atoms with Gasteiger partial charge >= 0.3 is 0 Å². The molecule has 1 unspecified atom stereocenters. The lowest BCUT2D eigenvalue weighted by atomic mass is 10.0. The molecule has 0 N–H and O–H groups in total. The van der Waals surface area contributed by atoms with Crippen molar-refractivity contribution in [3.63, 3.8) is 0 Å². The molecule has 0 amide bonds. The number of carbonyl (C=O) groups excluding carboxylic acids is 1. The van der Waals surface area contributed by atoms with Gasteiger partial charge in [-0.05, 0) is 34.5 Å². The van der Waals surface area contributed by atoms with E-state index in [2.05, 4.69) is 22.0 Å². The Balaban J connectivity index is 2.54. The van der Waals surface area contributed by atoms with E-state index in [1.807, 2.05) is 19.9 Å². The minimum Gasteiger partial charge on any atom is -0.299 e. The van der Waals surface area contributed by atoms with Gasteiger partial charge < -0.3 is 0 Å². The van der Waals surface area contributed by atoms with Crippen LogP contribution < -0.4 is 0 Å². The fourth-order valence-electron chi connectivity index (χ4n) is 1.23. The number of thiophene rings is 1. The summed E-state index contributed by atoms with van der Waals surface area (Å²) in [7, 11) is 0. The van der Waals surface area contributed by atoms with E-state index < -0.39 is 0 Å². The highest BCUT2D eigenvalue weighted by Crippen LogP contribution is 2.24. The molecule has 1 aromatic heterocycles. The number of carbonyl (C=O) groups is 1. The summed E-state index contributed by atoms with van der Waals surface area (Å²) in [5, 5.41) is 0. The fourth-order valence-corrected chi connectivity index (χ4v) is 2.84. The van der Waals surface area contributed by atoms with Crippen LogP contribution in [0.2, 0.25) is 0 Å². The summed E-state index contributed by atoms with van der Waals surface area (Å²) < 4.78 is 1.14. The molecule has 0 aliphatic carbocycles. The molecule has 0 bridgehead atoms. The van der Waals surface area contributed by atoms with Gasteiger partial charge in [-0.15, -0.1) is 11.3 Å². The summed E-state index contributed by atoms with van der Waals surface area (Å²) in [6.45, 7) is 3.92. The highest BCUT2D eigenvalue weighted by atomic mass is 79.9. The summed E-state index contributed by atoms with van der Waals surface area (Å²) >= 11 is 5.12. The van der Waals surface area contributed by atoms with Gasteiger partial charge in [0, 0.05) is 17.2 Å². The van der Waals surface area contributed by atoms with Gasteiger partial charge in [-0.2, -0.15) is 0 Å². The first-order valence-electron chi connectivity index (χ1n) is 4.40. The van der Waals surface area contributed by atoms with Crippen molar-refractivity contribution in [2.24, 2.45) is 5.92 Å². The second-order valence-corrected chi connectivity index (χ2v) is 5.68. The Morgan fingerprint density at radius 3 is 2.77 bits per heavy atom. The molecule has 1 rings (SSSR count). The van der Waals surface area contributed by atoms with Gasteiger partial charge in [0.1, 0.15) is 5.78 Å². The third kappa shape index (κ3) is 3.24. The maximum absolute atomic E-state index is 11.3. The van der Waals surface area contributed by atoms with Crippen LogP contribution in [0.5, 0.6) is 0 Å². The molecule has 0 saturated heterocycles. The van der Waals surface area contributed by atoms with E-state index in [1.54, 1.807) is 11.3 Å². The van der Waals surface area contributed by atoms with Gasteiger partial charge in [-0.3, -0.25) is 4.79 Å². The summed E-state index contributed by atoms with van der Waals surface area (Å²) in [5.41, 5.74) is 0. The second kappa shape index (κ2) is 4.91. The van der Waals surface area contributed by atoms with Crippen LogP contribution in [0.3, 0.4) is 0 Å². The second-order valence-electron chi connectivity index (χ2n) is 3.13. The first-order chi connectivity index (χ1) is 6.13. The van der Waals surface area contributed by atoms with Crippen molar-refractivity contribution in [2.75, 3.05) is 0 Å². The van der Waals surface area contributed by atoms with Crippen molar-refractivity contribution in [1.82, 2.24) is 0 Å². The molecule has 1 heterocycles. The van der Waals surface area contributed by atoms with Gasteiger partial charge in [-0.1, -0.05) is 13.8 Å². The quantitative estimate of drug-likeness (QED) is 0.808. The molecule has 1 aromatic rings. The molecule has 1 nitrogen and oxygen atoms in total. The minimum absolute atomic E-state index is 0.163. The molecule has 0 saturated carbocycles. The van der Waals surface area contributed by atoms with Gasteiger partial charge in [0.2, 0.25) is 0 Å². The number of ketones is 1. The molecule has 72 valence electrons. The normalized spacial score (nSPS) is 12.8. The molecular weight excluding hydrogens is 248 g/mol. The van der Waals surface area contributed by atoms with E-state index in [9.17, 15) is 4.79 Å². The van der Waals surface area contributed by atoms with Crippen LogP contribution in [-0.2, 0) is 11.2 Å². The standard InChI is InChI=1S/C10H13BrOS/c1-3-9(12)7(2)6-8-4-5-10(11)13-8/h4-5,7H,3,6H2,1-2H3. The van der Waals surface area contributed by atoms with E-state index >= 15 is 0 Å². The Hall–Kier alpha value is -0.150. The molecular formula is C10H13BrOS. The Kier molecular flexibility index (Phi) is 4.13. The van der Waals surface area contributed by atoms with Crippen LogP contribution in [-0.4, -0.2) is 5.78 Å². The molecule has 0 aliphatic heterocycles. The first-order valence-corrected chi connectivity index (χ1v) is 6.01. The van der Waals surface area contributed by atoms with Crippen molar-refractivity contribution < 1.29 is 4.79 Å². The molecule has 0 aromatic carbocycles. The molecule has 0 fully saturated rings. The van der Waals surface area contributed by atoms with Crippen molar-refractivity contribution in [3.8, 4) is 0 Å². The number of hydrogen-bond donors (Lipinski definition) is 0. The zero-order chi connectivity index (χ0) is 9.84. The smallest absolute Gasteiger partial charge is 0.135 e. The lowest BCUT2D eigenvalue weighted by Crippen LogP contribution is -2.11. The summed E-state index contributed by atoms with van der Waals surface area (Å²) in [6, 6.07) is 4.11. The van der Waals surface area contributed by atoms with E-state index in [0.717, 1.165) is 10.2 Å². The molecule has 13 heavy (non-hydrogen) atoms. The molecule has 0 aliphatic rings. The van der Waals surface area contributed by atoms with E-state index in [4.69, 9.17) is 0 Å². The zero-order valence-electron chi connectivity index (χ0n) is 7.84. The third-order valence-electron chi connectivity index (χ3n) is 2.03. The molecule has 0 radical (unpaired) electrons. The predicted molar refractivity (Wildman–Crippen MR) is 60.2 cm³/mol. The Bertz CT molecular complexity index is 293. The Labute approximate surface area is 91.3 Å². The average Bonchev–Trinajstić information content (AvgIpc) is 2.49. The largest absolute Gasteiger partial charge is 0.299 e. The van der Waals surface area contributed by atoms with Gasteiger partial charge in [-0.25, -0.2) is 0 Å². The monoisotopic (exact) mass is 260 g/mol. The summed E-state index contributed by atoms with van der Waals surface area (Å²) in [6.07, 6.45) is 1.52. The number of halogens is 1. The van der Waals surface area contributed by atoms with Crippen molar-refractivity contribution in [3.05, 3.63) is 20.8 Å². The van der Waals surface area contributed by atoms with Crippen LogP contribution in [0.25, 0.3) is 0 Å². The lowest BCUT2D eigenvalue weighted by molar-refractivity contribution is -0.122. The Morgan fingerprint density at radius 1 is 1.62 bits per heavy atom. The first kappa shape index (κ1) is 10.9. The molecule has 0 spiro atoms. The SMILES string of the molecule is CCC(=O)C(C)Cc1ccc(Br)s1. The van der Waals surface area contributed by atoms with E-state index in [0.29, 0.717) is 12.2 Å². The van der Waals surface area contributed by atoms with Gasteiger partial charge in [0.25, 0.3) is 0 Å². The van der Waals surface area contributed by atoms with Crippen molar-refractivity contribution in [2.45, 2.75) is 26.7 Å². The van der Waals surface area contributed by atoms with Crippen LogP contribution in [0.1, 0.15) is 25.1 Å². The maximum Gasteiger partial charge on any atom is 0.135 e. The van der Waals surface area contributed by atoms with Crippen molar-refractivity contribution >= 4 is 33.0 Å². The number of rotatable bonds is 4. The summed E-state index contributed by atoms with van der Waals surface area (Å²) in [4.78, 5) is 12.6. The number of hydrogen-bond acceptors (Lipinski definition) is 2. The molecule has 1 atom stereocenters. The Morgan fingerprint density at radius 2 is 2.31 bits per heavy atom. The minimum atomic E-state index is 0.163. The van der Waals surface area contributed by atoms with Gasteiger partial charge in [0.05, 0.1) is 3.79 Å². The fraction of sp³-hybridized carbons (Fsp3) is 0.500. The summed E-state index contributed by atoms with van der Waals surface area (Å²) in [5.74, 6) is 0.514. The lowest BCUT2D eigenvalue weighted by Gasteiger charge is -2.06. The van der Waals surface area contributed by atoms with Crippen LogP contribution >= 0.6 is 27.3 Å². The zero-order valence-corrected chi connectivity index (χ0v) is 10.2. The predicted octanol–water partition coefficient (Wildman–Crippen LogP) is 3.67. The van der Waals surface area contributed by atoms with E-state index in [1.165, 1.54) is 4.88 Å². The highest BCUT2D eigenvalue weighted by Gasteiger charge is 2.12. The maximum atomic E-state index is 11.3. The van der Waals surface area contributed by atoms with Crippen molar-refractivity contribution in [1.29, 1.82) is 0 Å². The van der Waals surface area contributed by atoms with Crippen LogP contribution in [0.4, 0.5) is 0 Å². The number of Topliss-reactive ketones (excluding diaryl/α,β-unsaturated/α-hetero) is 1. The molecule has 3 heteroatoms. The highest BCUT2D eigenvalue weighted by molar-refractivity contribution is 9.11. The third-order valence-corrected chi connectivity index (χ3v) is 3.68. The average molecular weight is 261 g/mol. The van der Waals surface area contributed by atoms with Gasteiger partial charge in [0.15, 0.2) is 0 Å². The van der Waals surface area contributed by atoms with Crippen LogP contribution in [0, 0.1) is 5.92 Å². The topological polar surface area (TPSA) is 17.1 Å². The van der Waals surface area contributed by atoms with Crippen LogP contribution in [0.15, 0.2) is 15.9 Å². The van der Waals surface area contributed by atoms with E-state index in [-0.39, 0.29) is 5.92 Å².